The molecule has 6 nitrogen and oxygen atoms in total. The van der Waals surface area contributed by atoms with E-state index in [1.165, 1.54) is 0 Å². The average Bonchev–Trinajstić information content (AvgIpc) is 3.27. The van der Waals surface area contributed by atoms with Gasteiger partial charge in [0.05, 0.1) is 6.54 Å². The number of hydrogen-bond donors (Lipinski definition) is 1. The highest BCUT2D eigenvalue weighted by Gasteiger charge is 2.35. The molecule has 2 fully saturated rings. The summed E-state index contributed by atoms with van der Waals surface area (Å²) >= 11 is 0. The molecule has 1 aromatic heterocycles. The number of nitrogens with zero attached hydrogens (tertiary/aromatic N) is 2. The molecule has 0 radical (unpaired) electrons. The SMILES string of the molecule is CC(C)c1oc(C2CCCN2C(=O)CNC(=O)C2CC2)nc1-c1ccccc1. The van der Waals surface area contributed by atoms with Crippen molar-refractivity contribution in [1.29, 1.82) is 0 Å². The van der Waals surface area contributed by atoms with Gasteiger partial charge in [-0.1, -0.05) is 44.2 Å². The number of oxazole rings is 1. The van der Waals surface area contributed by atoms with E-state index >= 15 is 0 Å². The van der Waals surface area contributed by atoms with E-state index in [1.54, 1.807) is 4.90 Å². The van der Waals surface area contributed by atoms with Crippen molar-refractivity contribution in [3.05, 3.63) is 42.0 Å². The minimum Gasteiger partial charge on any atom is -0.442 e. The van der Waals surface area contributed by atoms with E-state index in [2.05, 4.69) is 19.2 Å². The minimum atomic E-state index is -0.166. The maximum absolute atomic E-state index is 12.7. The molecule has 148 valence electrons. The van der Waals surface area contributed by atoms with Crippen LogP contribution in [0.15, 0.2) is 34.7 Å². The van der Waals surface area contributed by atoms with Gasteiger partial charge >= 0.3 is 0 Å². The normalized spacial score (nSPS) is 19.2. The Kier molecular flexibility index (Phi) is 5.20. The number of aromatic nitrogens is 1. The first-order chi connectivity index (χ1) is 13.5. The van der Waals surface area contributed by atoms with E-state index in [-0.39, 0.29) is 36.2 Å². The Morgan fingerprint density at radius 2 is 1.96 bits per heavy atom. The molecule has 2 aliphatic rings. The second-order valence-electron chi connectivity index (χ2n) is 8.02. The predicted octanol–water partition coefficient (Wildman–Crippen LogP) is 3.65. The van der Waals surface area contributed by atoms with Crippen LogP contribution in [-0.2, 0) is 9.59 Å². The van der Waals surface area contributed by atoms with Crippen LogP contribution >= 0.6 is 0 Å². The smallest absolute Gasteiger partial charge is 0.242 e. The second kappa shape index (κ2) is 7.78. The molecule has 1 unspecified atom stereocenters. The first kappa shape index (κ1) is 18.7. The van der Waals surface area contributed by atoms with E-state index in [1.807, 2.05) is 30.3 Å². The number of carbonyl (C=O) groups is 2. The maximum Gasteiger partial charge on any atom is 0.242 e. The summed E-state index contributed by atoms with van der Waals surface area (Å²) in [5.41, 5.74) is 1.88. The number of rotatable bonds is 6. The van der Waals surface area contributed by atoms with Crippen molar-refractivity contribution in [3.8, 4) is 11.3 Å². The Bertz CT molecular complexity index is 855. The Balaban J connectivity index is 1.53. The second-order valence-corrected chi connectivity index (χ2v) is 8.02. The molecule has 1 aromatic carbocycles. The minimum absolute atomic E-state index is 0.00585. The molecule has 6 heteroatoms. The lowest BCUT2D eigenvalue weighted by Gasteiger charge is -2.22. The van der Waals surface area contributed by atoms with Crippen LogP contribution in [0.2, 0.25) is 0 Å². The Hall–Kier alpha value is -2.63. The van der Waals surface area contributed by atoms with Crippen LogP contribution in [0.1, 0.15) is 63.1 Å². The van der Waals surface area contributed by atoms with Gasteiger partial charge in [0, 0.05) is 23.9 Å². The zero-order chi connectivity index (χ0) is 19.7. The molecular weight excluding hydrogens is 354 g/mol. The quantitative estimate of drug-likeness (QED) is 0.829. The zero-order valence-electron chi connectivity index (χ0n) is 16.5. The molecule has 0 spiro atoms. The van der Waals surface area contributed by atoms with Gasteiger partial charge in [0.1, 0.15) is 17.5 Å². The lowest BCUT2D eigenvalue weighted by Crippen LogP contribution is -2.40. The standard InChI is InChI=1S/C22H27N3O3/c1-14(2)20-19(15-7-4-3-5-8-15)24-22(28-20)17-9-6-12-25(17)18(26)13-23-21(27)16-10-11-16/h3-5,7-8,14,16-17H,6,9-13H2,1-2H3,(H,23,27). The molecule has 2 heterocycles. The van der Waals surface area contributed by atoms with E-state index in [0.717, 1.165) is 42.7 Å². The highest BCUT2D eigenvalue weighted by molar-refractivity contribution is 5.87. The first-order valence-electron chi connectivity index (χ1n) is 10.2. The van der Waals surface area contributed by atoms with Crippen molar-refractivity contribution in [1.82, 2.24) is 15.2 Å². The van der Waals surface area contributed by atoms with E-state index < -0.39 is 0 Å². The Morgan fingerprint density at radius 1 is 1.21 bits per heavy atom. The summed E-state index contributed by atoms with van der Waals surface area (Å²) in [6, 6.07) is 9.84. The van der Waals surface area contributed by atoms with Gasteiger partial charge in [-0.25, -0.2) is 4.98 Å². The summed E-state index contributed by atoms with van der Waals surface area (Å²) in [6.07, 6.45) is 3.60. The van der Waals surface area contributed by atoms with Gasteiger partial charge < -0.3 is 14.6 Å². The zero-order valence-corrected chi connectivity index (χ0v) is 16.5. The van der Waals surface area contributed by atoms with Gasteiger partial charge in [-0.05, 0) is 25.7 Å². The van der Waals surface area contributed by atoms with Gasteiger partial charge in [0.15, 0.2) is 0 Å². The van der Waals surface area contributed by atoms with Gasteiger partial charge in [0.2, 0.25) is 17.7 Å². The summed E-state index contributed by atoms with van der Waals surface area (Å²) in [5.74, 6) is 1.68. The maximum atomic E-state index is 12.7. The van der Waals surface area contributed by atoms with Gasteiger partial charge in [-0.2, -0.15) is 0 Å². The monoisotopic (exact) mass is 381 g/mol. The first-order valence-corrected chi connectivity index (χ1v) is 10.2. The van der Waals surface area contributed by atoms with Crippen molar-refractivity contribution in [2.24, 2.45) is 5.92 Å². The molecule has 2 aromatic rings. The van der Waals surface area contributed by atoms with Crippen molar-refractivity contribution in [3.63, 3.8) is 0 Å². The molecule has 0 bridgehead atoms. The number of hydrogen-bond acceptors (Lipinski definition) is 4. The molecule has 1 aliphatic carbocycles. The van der Waals surface area contributed by atoms with Crippen LogP contribution in [0.5, 0.6) is 0 Å². The fourth-order valence-corrected chi connectivity index (χ4v) is 3.76. The third kappa shape index (κ3) is 3.81. The predicted molar refractivity (Wildman–Crippen MR) is 105 cm³/mol. The van der Waals surface area contributed by atoms with Gasteiger partial charge in [-0.3, -0.25) is 9.59 Å². The van der Waals surface area contributed by atoms with E-state index in [4.69, 9.17) is 9.40 Å². The van der Waals surface area contributed by atoms with Crippen molar-refractivity contribution < 1.29 is 14.0 Å². The molecule has 1 saturated carbocycles. The lowest BCUT2D eigenvalue weighted by atomic mass is 10.0. The molecular formula is C22H27N3O3. The molecule has 4 rings (SSSR count). The van der Waals surface area contributed by atoms with Crippen LogP contribution in [0.25, 0.3) is 11.3 Å². The van der Waals surface area contributed by atoms with Crippen LogP contribution < -0.4 is 5.32 Å². The average molecular weight is 381 g/mol. The summed E-state index contributed by atoms with van der Waals surface area (Å²) in [4.78, 5) is 31.2. The van der Waals surface area contributed by atoms with Gasteiger partial charge in [0.25, 0.3) is 0 Å². The number of carbonyl (C=O) groups excluding carboxylic acids is 2. The summed E-state index contributed by atoms with van der Waals surface area (Å²) in [7, 11) is 0. The summed E-state index contributed by atoms with van der Waals surface area (Å²) in [6.45, 7) is 4.89. The summed E-state index contributed by atoms with van der Waals surface area (Å²) in [5, 5.41) is 2.77. The van der Waals surface area contributed by atoms with Crippen LogP contribution in [-0.4, -0.2) is 34.8 Å². The van der Waals surface area contributed by atoms with Crippen molar-refractivity contribution >= 4 is 11.8 Å². The third-order valence-electron chi connectivity index (χ3n) is 5.46. The number of benzene rings is 1. The fraction of sp³-hybridized carbons (Fsp3) is 0.500. The number of likely N-dealkylation sites (tertiary alicyclic amines) is 1. The van der Waals surface area contributed by atoms with Crippen LogP contribution in [0.3, 0.4) is 0 Å². The molecule has 1 aliphatic heterocycles. The molecule has 2 amide bonds. The van der Waals surface area contributed by atoms with Crippen molar-refractivity contribution in [2.75, 3.05) is 13.1 Å². The van der Waals surface area contributed by atoms with Crippen molar-refractivity contribution in [2.45, 2.75) is 51.5 Å². The molecule has 1 saturated heterocycles. The van der Waals surface area contributed by atoms with E-state index in [0.29, 0.717) is 12.4 Å². The molecule has 28 heavy (non-hydrogen) atoms. The highest BCUT2D eigenvalue weighted by atomic mass is 16.4. The van der Waals surface area contributed by atoms with Crippen LogP contribution in [0.4, 0.5) is 0 Å². The van der Waals surface area contributed by atoms with E-state index in [9.17, 15) is 9.59 Å². The number of amides is 2. The molecule has 1 atom stereocenters. The fourth-order valence-electron chi connectivity index (χ4n) is 3.76. The van der Waals surface area contributed by atoms with Crippen LogP contribution in [0, 0.1) is 5.92 Å². The lowest BCUT2D eigenvalue weighted by molar-refractivity contribution is -0.134. The highest BCUT2D eigenvalue weighted by Crippen LogP contribution is 2.37. The Labute approximate surface area is 165 Å². The number of nitrogens with one attached hydrogen (secondary N) is 1. The largest absolute Gasteiger partial charge is 0.442 e. The third-order valence-corrected chi connectivity index (χ3v) is 5.46. The topological polar surface area (TPSA) is 75.4 Å². The summed E-state index contributed by atoms with van der Waals surface area (Å²) < 4.78 is 6.18. The molecule has 1 N–H and O–H groups in total. The Morgan fingerprint density at radius 3 is 2.64 bits per heavy atom. The van der Waals surface area contributed by atoms with Gasteiger partial charge in [-0.15, -0.1) is 0 Å².